The standard InChI is InChI=1S/C18H32N6O/c1-3-17(15-25)23-10-6-22(7-11-23)14-16-12-19-18(20-13-16)24-8-4-21(2)5-9-24/h12-13,17,25H,3-11,14-15H2,1-2H3. The molecule has 1 atom stereocenters. The quantitative estimate of drug-likeness (QED) is 0.783. The van der Waals surface area contributed by atoms with Gasteiger partial charge in [-0.15, -0.1) is 0 Å². The summed E-state index contributed by atoms with van der Waals surface area (Å²) in [6.45, 7) is 11.6. The Morgan fingerprint density at radius 3 is 2.20 bits per heavy atom. The maximum absolute atomic E-state index is 9.45. The van der Waals surface area contributed by atoms with Gasteiger partial charge in [0.15, 0.2) is 0 Å². The highest BCUT2D eigenvalue weighted by molar-refractivity contribution is 5.30. The Labute approximate surface area is 151 Å². The number of hydrogen-bond donors (Lipinski definition) is 1. The summed E-state index contributed by atoms with van der Waals surface area (Å²) in [6.07, 6.45) is 4.98. The average Bonchev–Trinajstić information content (AvgIpc) is 2.65. The van der Waals surface area contributed by atoms with Crippen LogP contribution in [0.2, 0.25) is 0 Å². The SMILES string of the molecule is CCC(CO)N1CCN(Cc2cnc(N3CCN(C)CC3)nc2)CC1. The van der Waals surface area contributed by atoms with Crippen LogP contribution in [0, 0.1) is 0 Å². The molecule has 1 aromatic rings. The molecule has 7 heteroatoms. The average molecular weight is 348 g/mol. The van der Waals surface area contributed by atoms with E-state index in [1.165, 1.54) is 5.56 Å². The van der Waals surface area contributed by atoms with Crippen LogP contribution in [0.3, 0.4) is 0 Å². The van der Waals surface area contributed by atoms with Crippen LogP contribution in [-0.2, 0) is 6.54 Å². The van der Waals surface area contributed by atoms with E-state index in [1.54, 1.807) is 0 Å². The van der Waals surface area contributed by atoms with Gasteiger partial charge < -0.3 is 14.9 Å². The fraction of sp³-hybridized carbons (Fsp3) is 0.778. The molecule has 1 N–H and O–H groups in total. The summed E-state index contributed by atoms with van der Waals surface area (Å²) in [7, 11) is 2.16. The molecular formula is C18H32N6O. The smallest absolute Gasteiger partial charge is 0.225 e. The van der Waals surface area contributed by atoms with Crippen LogP contribution in [0.25, 0.3) is 0 Å². The first-order valence-electron chi connectivity index (χ1n) is 9.51. The van der Waals surface area contributed by atoms with E-state index >= 15 is 0 Å². The summed E-state index contributed by atoms with van der Waals surface area (Å²) in [4.78, 5) is 18.6. The first kappa shape index (κ1) is 18.5. The molecule has 7 nitrogen and oxygen atoms in total. The molecule has 0 bridgehead atoms. The van der Waals surface area contributed by atoms with Gasteiger partial charge in [0, 0.05) is 82.9 Å². The van der Waals surface area contributed by atoms with Gasteiger partial charge in [0.1, 0.15) is 0 Å². The zero-order chi connectivity index (χ0) is 17.6. The molecule has 1 aromatic heterocycles. The highest BCUT2D eigenvalue weighted by Gasteiger charge is 2.22. The fourth-order valence-corrected chi connectivity index (χ4v) is 3.65. The lowest BCUT2D eigenvalue weighted by atomic mass is 10.1. The van der Waals surface area contributed by atoms with Crippen LogP contribution in [0.15, 0.2) is 12.4 Å². The predicted molar refractivity (Wildman–Crippen MR) is 99.8 cm³/mol. The van der Waals surface area contributed by atoms with Crippen LogP contribution in [-0.4, -0.2) is 102 Å². The Kier molecular flexibility index (Phi) is 6.58. The molecular weight excluding hydrogens is 316 g/mol. The third-order valence-corrected chi connectivity index (χ3v) is 5.49. The summed E-state index contributed by atoms with van der Waals surface area (Å²) < 4.78 is 0. The molecule has 0 amide bonds. The van der Waals surface area contributed by atoms with E-state index in [1.807, 2.05) is 12.4 Å². The summed E-state index contributed by atoms with van der Waals surface area (Å²) in [5.41, 5.74) is 1.18. The summed E-state index contributed by atoms with van der Waals surface area (Å²) in [5.74, 6) is 0.857. The highest BCUT2D eigenvalue weighted by atomic mass is 16.3. The third-order valence-electron chi connectivity index (χ3n) is 5.49. The van der Waals surface area contributed by atoms with Gasteiger partial charge in [0.05, 0.1) is 6.61 Å². The Morgan fingerprint density at radius 1 is 1.00 bits per heavy atom. The van der Waals surface area contributed by atoms with Gasteiger partial charge in [-0.05, 0) is 13.5 Å². The Hall–Kier alpha value is -1.28. The second-order valence-electron chi connectivity index (χ2n) is 7.24. The van der Waals surface area contributed by atoms with Crippen LogP contribution in [0.4, 0.5) is 5.95 Å². The van der Waals surface area contributed by atoms with E-state index in [9.17, 15) is 5.11 Å². The van der Waals surface area contributed by atoms with E-state index in [4.69, 9.17) is 0 Å². The van der Waals surface area contributed by atoms with Crippen molar-refractivity contribution < 1.29 is 5.11 Å². The number of hydrogen-bond acceptors (Lipinski definition) is 7. The molecule has 140 valence electrons. The maximum atomic E-state index is 9.45. The second kappa shape index (κ2) is 8.89. The van der Waals surface area contributed by atoms with Crippen molar-refractivity contribution in [3.8, 4) is 0 Å². The lowest BCUT2D eigenvalue weighted by Gasteiger charge is -2.38. The lowest BCUT2D eigenvalue weighted by Crippen LogP contribution is -2.50. The number of nitrogens with zero attached hydrogens (tertiary/aromatic N) is 6. The predicted octanol–water partition coefficient (Wildman–Crippen LogP) is 0.117. The minimum Gasteiger partial charge on any atom is -0.395 e. The van der Waals surface area contributed by atoms with Crippen molar-refractivity contribution in [3.05, 3.63) is 18.0 Å². The van der Waals surface area contributed by atoms with Crippen LogP contribution in [0.1, 0.15) is 18.9 Å². The van der Waals surface area contributed by atoms with Crippen molar-refractivity contribution in [1.82, 2.24) is 24.7 Å². The number of aliphatic hydroxyl groups excluding tert-OH is 1. The first-order chi connectivity index (χ1) is 12.2. The summed E-state index contributed by atoms with van der Waals surface area (Å²) in [6, 6.07) is 0.313. The minimum absolute atomic E-state index is 0.262. The molecule has 1 unspecified atom stereocenters. The van der Waals surface area contributed by atoms with E-state index in [2.05, 4.69) is 43.5 Å². The van der Waals surface area contributed by atoms with Gasteiger partial charge in [0.25, 0.3) is 0 Å². The van der Waals surface area contributed by atoms with Gasteiger partial charge in [-0.25, -0.2) is 9.97 Å². The van der Waals surface area contributed by atoms with Crippen molar-refractivity contribution in [2.75, 3.05) is 70.9 Å². The molecule has 2 fully saturated rings. The molecule has 0 radical (unpaired) electrons. The van der Waals surface area contributed by atoms with Crippen LogP contribution >= 0.6 is 0 Å². The molecule has 0 aromatic carbocycles. The highest BCUT2D eigenvalue weighted by Crippen LogP contribution is 2.14. The number of aromatic nitrogens is 2. The monoisotopic (exact) mass is 348 g/mol. The third kappa shape index (κ3) is 4.88. The summed E-state index contributed by atoms with van der Waals surface area (Å²) >= 11 is 0. The van der Waals surface area contributed by atoms with Gasteiger partial charge in [-0.3, -0.25) is 9.80 Å². The molecule has 0 saturated carbocycles. The number of likely N-dealkylation sites (N-methyl/N-ethyl adjacent to an activating group) is 1. The molecule has 3 heterocycles. The fourth-order valence-electron chi connectivity index (χ4n) is 3.65. The number of aliphatic hydroxyl groups is 1. The normalized spacial score (nSPS) is 22.3. The largest absolute Gasteiger partial charge is 0.395 e. The van der Waals surface area contributed by atoms with Crippen LogP contribution in [0.5, 0.6) is 0 Å². The molecule has 3 rings (SSSR count). The van der Waals surface area contributed by atoms with Crippen molar-refractivity contribution in [3.63, 3.8) is 0 Å². The van der Waals surface area contributed by atoms with Crippen molar-refractivity contribution in [1.29, 1.82) is 0 Å². The topological polar surface area (TPSA) is 59.0 Å². The lowest BCUT2D eigenvalue weighted by molar-refractivity contribution is 0.0607. The Balaban J connectivity index is 1.48. The van der Waals surface area contributed by atoms with Gasteiger partial charge in [0.2, 0.25) is 5.95 Å². The number of piperazine rings is 2. The molecule has 2 aliphatic heterocycles. The van der Waals surface area contributed by atoms with E-state index in [0.717, 1.165) is 71.3 Å². The van der Waals surface area contributed by atoms with E-state index in [-0.39, 0.29) is 6.61 Å². The number of rotatable bonds is 6. The Bertz CT molecular complexity index is 505. The minimum atomic E-state index is 0.262. The second-order valence-corrected chi connectivity index (χ2v) is 7.24. The summed E-state index contributed by atoms with van der Waals surface area (Å²) in [5, 5.41) is 9.45. The van der Waals surface area contributed by atoms with Crippen molar-refractivity contribution in [2.45, 2.75) is 25.9 Å². The maximum Gasteiger partial charge on any atom is 0.225 e. The Morgan fingerprint density at radius 2 is 1.64 bits per heavy atom. The number of anilines is 1. The molecule has 0 aliphatic carbocycles. The van der Waals surface area contributed by atoms with Crippen molar-refractivity contribution in [2.24, 2.45) is 0 Å². The zero-order valence-electron chi connectivity index (χ0n) is 15.6. The molecule has 2 saturated heterocycles. The van der Waals surface area contributed by atoms with Gasteiger partial charge in [-0.1, -0.05) is 6.92 Å². The van der Waals surface area contributed by atoms with Crippen molar-refractivity contribution >= 4 is 5.95 Å². The first-order valence-corrected chi connectivity index (χ1v) is 9.51. The van der Waals surface area contributed by atoms with Gasteiger partial charge in [-0.2, -0.15) is 0 Å². The van der Waals surface area contributed by atoms with E-state index < -0.39 is 0 Å². The van der Waals surface area contributed by atoms with Gasteiger partial charge >= 0.3 is 0 Å². The van der Waals surface area contributed by atoms with Crippen LogP contribution < -0.4 is 4.90 Å². The zero-order valence-corrected chi connectivity index (χ0v) is 15.6. The van der Waals surface area contributed by atoms with E-state index in [0.29, 0.717) is 6.04 Å². The molecule has 0 spiro atoms. The molecule has 2 aliphatic rings. The molecule has 25 heavy (non-hydrogen) atoms.